The fraction of sp³-hybridized carbons (Fsp3) is 0.182. The van der Waals surface area contributed by atoms with Gasteiger partial charge in [0.05, 0.1) is 0 Å². The van der Waals surface area contributed by atoms with Crippen molar-refractivity contribution in [2.45, 2.75) is 25.7 Å². The van der Waals surface area contributed by atoms with Crippen LogP contribution >= 0.6 is 0 Å². The summed E-state index contributed by atoms with van der Waals surface area (Å²) in [6, 6.07) is 31.4. The lowest BCUT2D eigenvalue weighted by atomic mass is 10.1. The predicted molar refractivity (Wildman–Crippen MR) is 108 cm³/mol. The minimum atomic E-state index is -1.08. The molecule has 0 heterocycles. The van der Waals surface area contributed by atoms with Crippen LogP contribution in [0.4, 0.5) is 17.1 Å². The fourth-order valence-electron chi connectivity index (χ4n) is 2.98. The molecule has 2 heteroatoms. The van der Waals surface area contributed by atoms with E-state index in [-0.39, 0.29) is 0 Å². The van der Waals surface area contributed by atoms with Crippen LogP contribution in [0.2, 0.25) is 19.6 Å². The summed E-state index contributed by atoms with van der Waals surface area (Å²) >= 11 is 0. The normalized spacial score (nSPS) is 11.3. The molecule has 0 saturated carbocycles. The molecule has 0 radical (unpaired) electrons. The van der Waals surface area contributed by atoms with Crippen LogP contribution in [0, 0.1) is 0 Å². The third kappa shape index (κ3) is 4.15. The molecule has 0 fully saturated rings. The Hall–Kier alpha value is -2.32. The minimum absolute atomic E-state index is 1.08. The van der Waals surface area contributed by atoms with Gasteiger partial charge in [-0.1, -0.05) is 73.7 Å². The minimum Gasteiger partial charge on any atom is -0.311 e. The number of para-hydroxylation sites is 2. The molecule has 122 valence electrons. The van der Waals surface area contributed by atoms with E-state index >= 15 is 0 Å². The molecule has 3 aromatic carbocycles. The first-order valence-electron chi connectivity index (χ1n) is 8.52. The van der Waals surface area contributed by atoms with Crippen molar-refractivity contribution >= 4 is 25.1 Å². The summed E-state index contributed by atoms with van der Waals surface area (Å²) in [5.41, 5.74) is 5.01. The number of hydrogen-bond donors (Lipinski definition) is 0. The van der Waals surface area contributed by atoms with E-state index in [9.17, 15) is 0 Å². The van der Waals surface area contributed by atoms with Gasteiger partial charge in [-0.2, -0.15) is 0 Å². The molecule has 0 saturated heterocycles. The van der Waals surface area contributed by atoms with Crippen LogP contribution in [0.1, 0.15) is 5.56 Å². The lowest BCUT2D eigenvalue weighted by Gasteiger charge is -2.26. The second-order valence-electron chi connectivity index (χ2n) is 7.41. The smallest absolute Gasteiger partial charge is 0.0487 e. The lowest BCUT2D eigenvalue weighted by Crippen LogP contribution is -2.23. The quantitative estimate of drug-likeness (QED) is 0.477. The predicted octanol–water partition coefficient (Wildman–Crippen LogP) is 6.58. The van der Waals surface area contributed by atoms with Crippen molar-refractivity contribution in [1.29, 1.82) is 0 Å². The molecule has 24 heavy (non-hydrogen) atoms. The fourth-order valence-corrected chi connectivity index (χ4v) is 4.44. The van der Waals surface area contributed by atoms with Gasteiger partial charge in [0.25, 0.3) is 0 Å². The summed E-state index contributed by atoms with van der Waals surface area (Å²) in [5, 5.41) is 0. The molecule has 0 spiro atoms. The van der Waals surface area contributed by atoms with Gasteiger partial charge in [-0.25, -0.2) is 0 Å². The molecule has 0 aliphatic carbocycles. The third-order valence-electron chi connectivity index (χ3n) is 3.96. The zero-order chi connectivity index (χ0) is 17.0. The molecule has 0 aliphatic rings. The van der Waals surface area contributed by atoms with Gasteiger partial charge in [-0.15, -0.1) is 0 Å². The van der Waals surface area contributed by atoms with E-state index < -0.39 is 8.07 Å². The Kier molecular flexibility index (Phi) is 4.86. The van der Waals surface area contributed by atoms with Gasteiger partial charge in [0.15, 0.2) is 0 Å². The maximum atomic E-state index is 2.42. The lowest BCUT2D eigenvalue weighted by molar-refractivity contribution is 1.25. The van der Waals surface area contributed by atoms with Crippen LogP contribution in [0.25, 0.3) is 0 Å². The molecule has 3 rings (SSSR count). The third-order valence-corrected chi connectivity index (χ3v) is 5.43. The molecular weight excluding hydrogens is 306 g/mol. The Labute approximate surface area is 146 Å². The SMILES string of the molecule is C[Si](C)(C)Cc1ccc(N(c2ccccc2)c2ccccc2)cc1. The van der Waals surface area contributed by atoms with Crippen molar-refractivity contribution < 1.29 is 0 Å². The standard InChI is InChI=1S/C22H25NSi/c1-24(2,3)18-19-14-16-22(17-15-19)23(20-10-6-4-7-11-20)21-12-8-5-9-13-21/h4-17H,18H2,1-3H3. The summed E-state index contributed by atoms with van der Waals surface area (Å²) < 4.78 is 0. The molecule has 1 nitrogen and oxygen atoms in total. The maximum absolute atomic E-state index is 2.42. The van der Waals surface area contributed by atoms with E-state index in [2.05, 4.69) is 109 Å². The van der Waals surface area contributed by atoms with Gasteiger partial charge in [0.2, 0.25) is 0 Å². The summed E-state index contributed by atoms with van der Waals surface area (Å²) in [7, 11) is -1.08. The van der Waals surface area contributed by atoms with E-state index in [4.69, 9.17) is 0 Å². The highest BCUT2D eigenvalue weighted by Gasteiger charge is 2.15. The number of hydrogen-bond acceptors (Lipinski definition) is 1. The Balaban J connectivity index is 1.98. The summed E-state index contributed by atoms with van der Waals surface area (Å²) in [6.45, 7) is 7.25. The van der Waals surface area contributed by atoms with Gasteiger partial charge in [0, 0.05) is 25.1 Å². The highest BCUT2D eigenvalue weighted by molar-refractivity contribution is 6.75. The highest BCUT2D eigenvalue weighted by atomic mass is 28.3. The monoisotopic (exact) mass is 331 g/mol. The van der Waals surface area contributed by atoms with Gasteiger partial charge < -0.3 is 4.90 Å². The average Bonchev–Trinajstić information content (AvgIpc) is 2.57. The number of nitrogens with zero attached hydrogens (tertiary/aromatic N) is 1. The van der Waals surface area contributed by atoms with Crippen LogP contribution < -0.4 is 4.90 Å². The van der Waals surface area contributed by atoms with Crippen molar-refractivity contribution in [1.82, 2.24) is 0 Å². The molecule has 0 aliphatic heterocycles. The van der Waals surface area contributed by atoms with Crippen molar-refractivity contribution in [3.05, 3.63) is 90.5 Å². The zero-order valence-electron chi connectivity index (χ0n) is 14.7. The molecule has 3 aromatic rings. The van der Waals surface area contributed by atoms with Crippen LogP contribution in [0.3, 0.4) is 0 Å². The highest BCUT2D eigenvalue weighted by Crippen LogP contribution is 2.34. The molecule has 0 unspecified atom stereocenters. The van der Waals surface area contributed by atoms with Crippen molar-refractivity contribution in [2.75, 3.05) is 4.90 Å². The summed E-state index contributed by atoms with van der Waals surface area (Å²) in [6.07, 6.45) is 0. The molecule has 0 amide bonds. The van der Waals surface area contributed by atoms with E-state index in [1.54, 1.807) is 0 Å². The van der Waals surface area contributed by atoms with Gasteiger partial charge in [-0.3, -0.25) is 0 Å². The van der Waals surface area contributed by atoms with Crippen LogP contribution in [0.5, 0.6) is 0 Å². The second kappa shape index (κ2) is 7.06. The first kappa shape index (κ1) is 16.5. The Morgan fingerprint density at radius 3 is 1.42 bits per heavy atom. The van der Waals surface area contributed by atoms with Crippen LogP contribution in [-0.2, 0) is 6.04 Å². The van der Waals surface area contributed by atoms with Crippen molar-refractivity contribution in [3.63, 3.8) is 0 Å². The Bertz CT molecular complexity index is 719. The second-order valence-corrected chi connectivity index (χ2v) is 12.9. The van der Waals surface area contributed by atoms with Crippen LogP contribution in [-0.4, -0.2) is 8.07 Å². The Morgan fingerprint density at radius 2 is 1.00 bits per heavy atom. The van der Waals surface area contributed by atoms with Gasteiger partial charge >= 0.3 is 0 Å². The van der Waals surface area contributed by atoms with Gasteiger partial charge in [-0.05, 0) is 42.4 Å². The van der Waals surface area contributed by atoms with E-state index in [0.29, 0.717) is 0 Å². The summed E-state index contributed by atoms with van der Waals surface area (Å²) in [4.78, 5) is 2.30. The molecule has 0 bridgehead atoms. The topological polar surface area (TPSA) is 3.24 Å². The molecule has 0 atom stereocenters. The number of benzene rings is 3. The average molecular weight is 332 g/mol. The maximum Gasteiger partial charge on any atom is 0.0487 e. The zero-order valence-corrected chi connectivity index (χ0v) is 15.7. The van der Waals surface area contributed by atoms with Crippen LogP contribution in [0.15, 0.2) is 84.9 Å². The first-order valence-corrected chi connectivity index (χ1v) is 12.2. The molecule has 0 aromatic heterocycles. The van der Waals surface area contributed by atoms with Crippen molar-refractivity contribution in [3.8, 4) is 0 Å². The van der Waals surface area contributed by atoms with Gasteiger partial charge in [0.1, 0.15) is 0 Å². The van der Waals surface area contributed by atoms with E-state index in [0.717, 1.165) is 0 Å². The first-order chi connectivity index (χ1) is 11.5. The van der Waals surface area contributed by atoms with E-state index in [1.807, 2.05) is 0 Å². The largest absolute Gasteiger partial charge is 0.311 e. The number of anilines is 3. The number of rotatable bonds is 5. The summed E-state index contributed by atoms with van der Waals surface area (Å²) in [5.74, 6) is 0. The molecule has 0 N–H and O–H groups in total. The Morgan fingerprint density at radius 1 is 0.583 bits per heavy atom. The van der Waals surface area contributed by atoms with E-state index in [1.165, 1.54) is 28.7 Å². The molecular formula is C22H25NSi. The van der Waals surface area contributed by atoms with Crippen molar-refractivity contribution in [2.24, 2.45) is 0 Å².